The number of rotatable bonds is 4. The van der Waals surface area contributed by atoms with E-state index in [1.807, 2.05) is 30.3 Å². The lowest BCUT2D eigenvalue weighted by atomic mass is 9.86. The molecule has 4 heteroatoms. The molecule has 0 bridgehead atoms. The minimum Gasteiger partial charge on any atom is -0.267 e. The summed E-state index contributed by atoms with van der Waals surface area (Å²) in [6, 6.07) is 16.2. The van der Waals surface area contributed by atoms with E-state index in [0.717, 1.165) is 22.7 Å². The second-order valence-electron chi connectivity index (χ2n) is 7.93. The number of likely N-dealkylation sites (N-methyl/N-ethyl adjacent to an activating group) is 1. The summed E-state index contributed by atoms with van der Waals surface area (Å²) in [4.78, 5) is 12.5. The molecule has 0 fully saturated rings. The fourth-order valence-electron chi connectivity index (χ4n) is 3.07. The maximum atomic E-state index is 12.5. The van der Waals surface area contributed by atoms with Gasteiger partial charge in [0.15, 0.2) is 0 Å². The molecule has 0 N–H and O–H groups in total. The van der Waals surface area contributed by atoms with E-state index < -0.39 is 0 Å². The summed E-state index contributed by atoms with van der Waals surface area (Å²) in [6.07, 6.45) is 3.47. The van der Waals surface area contributed by atoms with Gasteiger partial charge in [-0.1, -0.05) is 68.8 Å². The van der Waals surface area contributed by atoms with E-state index in [2.05, 4.69) is 50.1 Å². The number of nitrogens with zero attached hydrogens (tertiary/aromatic N) is 2. The third kappa shape index (κ3) is 4.67. The van der Waals surface area contributed by atoms with Crippen LogP contribution in [-0.4, -0.2) is 23.7 Å². The molecule has 0 saturated carbocycles. The van der Waals surface area contributed by atoms with Gasteiger partial charge in [-0.15, -0.1) is 0 Å². The predicted octanol–water partition coefficient (Wildman–Crippen LogP) is 5.48. The molecule has 1 aliphatic rings. The molecule has 0 aromatic heterocycles. The van der Waals surface area contributed by atoms with Gasteiger partial charge in [-0.25, -0.2) is 5.01 Å². The van der Waals surface area contributed by atoms with Gasteiger partial charge in [0.2, 0.25) is 0 Å². The molecule has 27 heavy (non-hydrogen) atoms. The monoisotopic (exact) mass is 380 g/mol. The maximum absolute atomic E-state index is 12.5. The smallest absolute Gasteiger partial charge is 0.267 e. The lowest BCUT2D eigenvalue weighted by molar-refractivity contribution is -0.124. The number of hydrogen-bond donors (Lipinski definition) is 0. The van der Waals surface area contributed by atoms with Crippen molar-refractivity contribution in [3.8, 4) is 0 Å². The second kappa shape index (κ2) is 7.69. The van der Waals surface area contributed by atoms with Crippen molar-refractivity contribution in [1.82, 2.24) is 5.01 Å². The highest BCUT2D eigenvalue weighted by atomic mass is 35.5. The summed E-state index contributed by atoms with van der Waals surface area (Å²) in [5, 5.41) is 6.59. The van der Waals surface area contributed by atoms with Crippen LogP contribution >= 0.6 is 11.6 Å². The lowest BCUT2D eigenvalue weighted by Gasteiger charge is -2.18. The summed E-state index contributed by atoms with van der Waals surface area (Å²) in [5.41, 5.74) is 5.09. The van der Waals surface area contributed by atoms with Crippen LogP contribution in [0.1, 0.15) is 43.9 Å². The van der Waals surface area contributed by atoms with E-state index in [1.54, 1.807) is 7.05 Å². The Labute approximate surface area is 166 Å². The van der Waals surface area contributed by atoms with Gasteiger partial charge in [0.25, 0.3) is 5.91 Å². The maximum Gasteiger partial charge on any atom is 0.275 e. The Morgan fingerprint density at radius 3 is 2.22 bits per heavy atom. The van der Waals surface area contributed by atoms with E-state index in [-0.39, 0.29) is 11.3 Å². The number of amides is 1. The number of halogens is 1. The van der Waals surface area contributed by atoms with Gasteiger partial charge in [-0.05, 0) is 53.2 Å². The summed E-state index contributed by atoms with van der Waals surface area (Å²) < 4.78 is 0. The van der Waals surface area contributed by atoms with Crippen molar-refractivity contribution in [2.75, 3.05) is 7.05 Å². The molecule has 0 atom stereocenters. The number of hydrogen-bond acceptors (Lipinski definition) is 2. The molecule has 1 heterocycles. The minimum atomic E-state index is -0.0546. The van der Waals surface area contributed by atoms with Crippen LogP contribution in [0.3, 0.4) is 0 Å². The Kier molecular flexibility index (Phi) is 5.52. The number of carbonyl (C=O) groups is 1. The average molecular weight is 381 g/mol. The zero-order chi connectivity index (χ0) is 19.6. The first kappa shape index (κ1) is 19.4. The SMILES string of the molecule is CN1N=C(CCc2ccc(Cl)cc2)C(=Cc2ccc(C(C)(C)C)cc2)C1=O. The first-order valence-electron chi connectivity index (χ1n) is 9.16. The molecule has 1 aliphatic heterocycles. The molecular formula is C23H25ClN2O. The Morgan fingerprint density at radius 1 is 1.00 bits per heavy atom. The Balaban J connectivity index is 1.79. The standard InChI is InChI=1S/C23H25ClN2O/c1-23(2,3)18-10-5-17(6-11-18)15-20-21(25-26(4)22(20)27)14-9-16-7-12-19(24)13-8-16/h5-8,10-13,15H,9,14H2,1-4H3. The molecule has 2 aromatic carbocycles. The summed E-state index contributed by atoms with van der Waals surface area (Å²) >= 11 is 5.95. The highest BCUT2D eigenvalue weighted by molar-refractivity contribution is 6.30. The van der Waals surface area contributed by atoms with Crippen molar-refractivity contribution >= 4 is 29.3 Å². The number of benzene rings is 2. The van der Waals surface area contributed by atoms with E-state index in [4.69, 9.17) is 11.6 Å². The topological polar surface area (TPSA) is 32.7 Å². The third-order valence-corrected chi connectivity index (χ3v) is 5.01. The van der Waals surface area contributed by atoms with E-state index in [0.29, 0.717) is 12.0 Å². The molecule has 0 spiro atoms. The Hall–Kier alpha value is -2.39. The molecule has 3 nitrogen and oxygen atoms in total. The van der Waals surface area contributed by atoms with Gasteiger partial charge < -0.3 is 0 Å². The van der Waals surface area contributed by atoms with Crippen molar-refractivity contribution in [3.05, 3.63) is 75.8 Å². The molecule has 3 rings (SSSR count). The van der Waals surface area contributed by atoms with Crippen molar-refractivity contribution in [3.63, 3.8) is 0 Å². The van der Waals surface area contributed by atoms with Gasteiger partial charge in [0.05, 0.1) is 11.3 Å². The lowest BCUT2D eigenvalue weighted by Crippen LogP contribution is -2.17. The predicted molar refractivity (Wildman–Crippen MR) is 113 cm³/mol. The summed E-state index contributed by atoms with van der Waals surface area (Å²) in [6.45, 7) is 6.58. The summed E-state index contributed by atoms with van der Waals surface area (Å²) in [5.74, 6) is -0.0546. The fraction of sp³-hybridized carbons (Fsp3) is 0.304. The molecule has 1 amide bonds. The van der Waals surface area contributed by atoms with Crippen molar-refractivity contribution in [1.29, 1.82) is 0 Å². The van der Waals surface area contributed by atoms with Crippen molar-refractivity contribution in [2.24, 2.45) is 5.10 Å². The first-order chi connectivity index (χ1) is 12.7. The second-order valence-corrected chi connectivity index (χ2v) is 8.37. The first-order valence-corrected chi connectivity index (χ1v) is 9.54. The molecular weight excluding hydrogens is 356 g/mol. The van der Waals surface area contributed by atoms with Gasteiger partial charge in [0.1, 0.15) is 0 Å². The molecule has 0 unspecified atom stereocenters. The zero-order valence-electron chi connectivity index (χ0n) is 16.3. The number of hydrazone groups is 1. The van der Waals surface area contributed by atoms with Gasteiger partial charge in [-0.2, -0.15) is 5.10 Å². The van der Waals surface area contributed by atoms with Crippen LogP contribution in [0, 0.1) is 0 Å². The molecule has 140 valence electrons. The van der Waals surface area contributed by atoms with Crippen LogP contribution in [0.4, 0.5) is 0 Å². The average Bonchev–Trinajstić information content (AvgIpc) is 2.89. The van der Waals surface area contributed by atoms with Gasteiger partial charge in [-0.3, -0.25) is 4.79 Å². The highest BCUT2D eigenvalue weighted by Gasteiger charge is 2.27. The normalized spacial score (nSPS) is 16.2. The fourth-order valence-corrected chi connectivity index (χ4v) is 3.19. The minimum absolute atomic E-state index is 0.0546. The van der Waals surface area contributed by atoms with Crippen molar-refractivity contribution < 1.29 is 4.79 Å². The Bertz CT molecular complexity index is 887. The number of carbonyl (C=O) groups excluding carboxylic acids is 1. The van der Waals surface area contributed by atoms with Gasteiger partial charge in [0, 0.05) is 12.1 Å². The zero-order valence-corrected chi connectivity index (χ0v) is 17.0. The van der Waals surface area contributed by atoms with Crippen LogP contribution in [0.5, 0.6) is 0 Å². The Morgan fingerprint density at radius 2 is 1.63 bits per heavy atom. The summed E-state index contributed by atoms with van der Waals surface area (Å²) in [7, 11) is 1.70. The van der Waals surface area contributed by atoms with E-state index in [1.165, 1.54) is 16.1 Å². The van der Waals surface area contributed by atoms with Crippen LogP contribution in [0.25, 0.3) is 6.08 Å². The van der Waals surface area contributed by atoms with Gasteiger partial charge >= 0.3 is 0 Å². The van der Waals surface area contributed by atoms with E-state index >= 15 is 0 Å². The largest absolute Gasteiger partial charge is 0.275 e. The quantitative estimate of drug-likeness (QED) is 0.646. The van der Waals surface area contributed by atoms with Crippen LogP contribution in [0.2, 0.25) is 5.02 Å². The molecule has 2 aromatic rings. The third-order valence-electron chi connectivity index (χ3n) is 4.76. The molecule has 0 saturated heterocycles. The van der Waals surface area contributed by atoms with Crippen molar-refractivity contribution in [2.45, 2.75) is 39.0 Å². The highest BCUT2D eigenvalue weighted by Crippen LogP contribution is 2.25. The molecule has 0 radical (unpaired) electrons. The van der Waals surface area contributed by atoms with Crippen LogP contribution in [-0.2, 0) is 16.6 Å². The van der Waals surface area contributed by atoms with E-state index in [9.17, 15) is 4.79 Å². The van der Waals surface area contributed by atoms with Crippen LogP contribution in [0.15, 0.2) is 59.2 Å². The van der Waals surface area contributed by atoms with Crippen LogP contribution < -0.4 is 0 Å². The molecule has 0 aliphatic carbocycles. The number of aryl methyl sites for hydroxylation is 1.